The number of hydrogen-bond acceptors (Lipinski definition) is 4. The van der Waals surface area contributed by atoms with E-state index >= 15 is 0 Å². The zero-order valence-corrected chi connectivity index (χ0v) is 9.17. The van der Waals surface area contributed by atoms with E-state index in [4.69, 9.17) is 11.5 Å². The number of primary amides is 1. The van der Waals surface area contributed by atoms with Crippen LogP contribution in [0.25, 0.3) is 0 Å². The van der Waals surface area contributed by atoms with E-state index in [0.29, 0.717) is 6.07 Å². The normalized spacial score (nSPS) is 11.7. The van der Waals surface area contributed by atoms with Crippen LogP contribution in [0.3, 0.4) is 0 Å². The van der Waals surface area contributed by atoms with Crippen LogP contribution in [0, 0.1) is 0 Å². The summed E-state index contributed by atoms with van der Waals surface area (Å²) in [6.45, 7) is -0.602. The summed E-state index contributed by atoms with van der Waals surface area (Å²) < 4.78 is 65.2. The number of ether oxygens (including phenoxy) is 1. The van der Waals surface area contributed by atoms with Crippen LogP contribution < -0.4 is 16.2 Å². The minimum Gasteiger partial charge on any atom is -0.405 e. The van der Waals surface area contributed by atoms with Crippen molar-refractivity contribution in [1.82, 2.24) is 4.98 Å². The number of alkyl halides is 5. The molecule has 19 heavy (non-hydrogen) atoms. The van der Waals surface area contributed by atoms with Crippen LogP contribution in [0.4, 0.5) is 22.0 Å². The first-order valence-corrected chi connectivity index (χ1v) is 4.73. The SMILES string of the molecule is NCc1nc(C(N)=O)cc(OC(F)(F)F)c1C(F)F. The summed E-state index contributed by atoms with van der Waals surface area (Å²) in [4.78, 5) is 14.2. The van der Waals surface area contributed by atoms with Crippen molar-refractivity contribution in [1.29, 1.82) is 0 Å². The Labute approximate surface area is 103 Å². The van der Waals surface area contributed by atoms with E-state index in [2.05, 4.69) is 9.72 Å². The molecule has 0 aromatic carbocycles. The molecule has 5 nitrogen and oxygen atoms in total. The van der Waals surface area contributed by atoms with E-state index in [0.717, 1.165) is 0 Å². The van der Waals surface area contributed by atoms with Gasteiger partial charge < -0.3 is 16.2 Å². The van der Waals surface area contributed by atoms with Gasteiger partial charge in [-0.25, -0.2) is 13.8 Å². The van der Waals surface area contributed by atoms with Gasteiger partial charge in [0.15, 0.2) is 0 Å². The van der Waals surface area contributed by atoms with E-state index in [9.17, 15) is 26.7 Å². The van der Waals surface area contributed by atoms with Crippen molar-refractivity contribution in [3.05, 3.63) is 23.0 Å². The fourth-order valence-electron chi connectivity index (χ4n) is 1.31. The minimum absolute atomic E-state index is 0.399. The summed E-state index contributed by atoms with van der Waals surface area (Å²) in [6, 6.07) is 0.399. The number of nitrogens with two attached hydrogens (primary N) is 2. The maximum absolute atomic E-state index is 12.7. The lowest BCUT2D eigenvalue weighted by Gasteiger charge is -2.16. The van der Waals surface area contributed by atoms with Gasteiger partial charge in [-0.15, -0.1) is 13.2 Å². The summed E-state index contributed by atoms with van der Waals surface area (Å²) in [5.41, 5.74) is 7.57. The van der Waals surface area contributed by atoms with Gasteiger partial charge in [0.25, 0.3) is 12.3 Å². The molecule has 0 unspecified atom stereocenters. The highest BCUT2D eigenvalue weighted by Crippen LogP contribution is 2.35. The molecule has 0 saturated heterocycles. The number of pyridine rings is 1. The number of carbonyl (C=O) groups excluding carboxylic acids is 1. The Morgan fingerprint density at radius 1 is 1.42 bits per heavy atom. The maximum atomic E-state index is 12.7. The van der Waals surface area contributed by atoms with Crippen molar-refractivity contribution in [3.8, 4) is 5.75 Å². The Morgan fingerprint density at radius 2 is 2.00 bits per heavy atom. The molecule has 0 bridgehead atoms. The summed E-state index contributed by atoms with van der Waals surface area (Å²) in [7, 11) is 0. The molecule has 0 saturated carbocycles. The van der Waals surface area contributed by atoms with Crippen molar-refractivity contribution >= 4 is 5.91 Å². The van der Waals surface area contributed by atoms with Crippen LogP contribution in [0.15, 0.2) is 6.07 Å². The molecule has 0 aliphatic heterocycles. The molecule has 1 rings (SSSR count). The Hall–Kier alpha value is -1.97. The van der Waals surface area contributed by atoms with Crippen molar-refractivity contribution in [3.63, 3.8) is 0 Å². The Morgan fingerprint density at radius 3 is 2.37 bits per heavy atom. The molecule has 1 aromatic heterocycles. The zero-order chi connectivity index (χ0) is 14.8. The van der Waals surface area contributed by atoms with Crippen LogP contribution in [0.1, 0.15) is 28.2 Å². The van der Waals surface area contributed by atoms with Crippen LogP contribution in [-0.2, 0) is 6.54 Å². The van der Waals surface area contributed by atoms with Gasteiger partial charge in [-0.05, 0) is 0 Å². The number of aromatic nitrogens is 1. The van der Waals surface area contributed by atoms with Gasteiger partial charge in [0.2, 0.25) is 0 Å². The summed E-state index contributed by atoms with van der Waals surface area (Å²) in [6.07, 6.45) is -8.50. The van der Waals surface area contributed by atoms with Gasteiger partial charge in [0.05, 0.1) is 11.3 Å². The van der Waals surface area contributed by atoms with E-state index in [1.165, 1.54) is 0 Å². The number of hydrogen-bond donors (Lipinski definition) is 2. The average molecular weight is 285 g/mol. The van der Waals surface area contributed by atoms with E-state index in [1.54, 1.807) is 0 Å². The molecule has 4 N–H and O–H groups in total. The van der Waals surface area contributed by atoms with Gasteiger partial charge in [0, 0.05) is 12.6 Å². The fraction of sp³-hybridized carbons (Fsp3) is 0.333. The molecule has 0 atom stereocenters. The van der Waals surface area contributed by atoms with E-state index < -0.39 is 47.9 Å². The molecule has 10 heteroatoms. The monoisotopic (exact) mass is 285 g/mol. The van der Waals surface area contributed by atoms with Crippen molar-refractivity contribution in [2.75, 3.05) is 0 Å². The molecule has 1 aromatic rings. The molecule has 0 fully saturated rings. The largest absolute Gasteiger partial charge is 0.573 e. The van der Waals surface area contributed by atoms with Gasteiger partial charge in [0.1, 0.15) is 11.4 Å². The molecular formula is C9H8F5N3O2. The highest BCUT2D eigenvalue weighted by Gasteiger charge is 2.35. The lowest BCUT2D eigenvalue weighted by atomic mass is 10.1. The number of carbonyl (C=O) groups is 1. The first-order valence-electron chi connectivity index (χ1n) is 4.73. The Balaban J connectivity index is 3.45. The Kier molecular flexibility index (Phi) is 4.24. The number of amides is 1. The van der Waals surface area contributed by atoms with Gasteiger partial charge in [-0.3, -0.25) is 4.79 Å². The van der Waals surface area contributed by atoms with E-state index in [1.807, 2.05) is 0 Å². The quantitative estimate of drug-likeness (QED) is 0.819. The highest BCUT2D eigenvalue weighted by molar-refractivity contribution is 5.91. The summed E-state index contributed by atoms with van der Waals surface area (Å²) >= 11 is 0. The molecule has 106 valence electrons. The van der Waals surface area contributed by atoms with Gasteiger partial charge >= 0.3 is 6.36 Å². The lowest BCUT2D eigenvalue weighted by molar-refractivity contribution is -0.275. The van der Waals surface area contributed by atoms with Crippen molar-refractivity contribution in [2.24, 2.45) is 11.5 Å². The highest BCUT2D eigenvalue weighted by atomic mass is 19.4. The molecule has 0 spiro atoms. The van der Waals surface area contributed by atoms with E-state index in [-0.39, 0.29) is 0 Å². The third kappa shape index (κ3) is 3.74. The summed E-state index contributed by atoms with van der Waals surface area (Å²) in [5, 5.41) is 0. The third-order valence-electron chi connectivity index (χ3n) is 1.99. The molecule has 0 aliphatic rings. The first-order chi connectivity index (χ1) is 8.65. The van der Waals surface area contributed by atoms with Crippen molar-refractivity contribution in [2.45, 2.75) is 19.3 Å². The lowest BCUT2D eigenvalue weighted by Crippen LogP contribution is -2.22. The maximum Gasteiger partial charge on any atom is 0.573 e. The minimum atomic E-state index is -5.20. The second kappa shape index (κ2) is 5.34. The van der Waals surface area contributed by atoms with Crippen LogP contribution in [0.5, 0.6) is 5.75 Å². The summed E-state index contributed by atoms with van der Waals surface area (Å²) in [5.74, 6) is -2.44. The zero-order valence-electron chi connectivity index (χ0n) is 9.17. The fourth-order valence-corrected chi connectivity index (χ4v) is 1.31. The predicted octanol–water partition coefficient (Wildman–Crippen LogP) is 1.48. The second-order valence-corrected chi connectivity index (χ2v) is 3.28. The van der Waals surface area contributed by atoms with Crippen LogP contribution in [-0.4, -0.2) is 17.3 Å². The Bertz CT molecular complexity index is 489. The standard InChI is InChI=1S/C9H8F5N3O2/c10-7(11)6-4(2-15)17-3(8(16)18)1-5(6)19-9(12,13)14/h1,7H,2,15H2,(H2,16,18). The molecule has 0 aliphatic carbocycles. The third-order valence-corrected chi connectivity index (χ3v) is 1.99. The second-order valence-electron chi connectivity index (χ2n) is 3.28. The predicted molar refractivity (Wildman–Crippen MR) is 52.3 cm³/mol. The number of rotatable bonds is 4. The smallest absolute Gasteiger partial charge is 0.405 e. The molecule has 0 radical (unpaired) electrons. The first kappa shape index (κ1) is 15.1. The van der Waals surface area contributed by atoms with Crippen molar-refractivity contribution < 1.29 is 31.5 Å². The molecular weight excluding hydrogens is 277 g/mol. The topological polar surface area (TPSA) is 91.2 Å². The number of nitrogens with zero attached hydrogens (tertiary/aromatic N) is 1. The van der Waals surface area contributed by atoms with Crippen LogP contribution in [0.2, 0.25) is 0 Å². The van der Waals surface area contributed by atoms with Crippen LogP contribution >= 0.6 is 0 Å². The average Bonchev–Trinajstić information content (AvgIpc) is 2.24. The number of halogens is 5. The molecule has 1 heterocycles. The van der Waals surface area contributed by atoms with Gasteiger partial charge in [-0.1, -0.05) is 0 Å². The van der Waals surface area contributed by atoms with Gasteiger partial charge in [-0.2, -0.15) is 0 Å². The molecule has 1 amide bonds.